The molecule has 0 aliphatic carbocycles. The number of rotatable bonds is 6. The largest absolute Gasteiger partial charge is 0.455 e. The Labute approximate surface area is 254 Å². The van der Waals surface area contributed by atoms with Crippen LogP contribution >= 0.6 is 0 Å². The van der Waals surface area contributed by atoms with Crippen LogP contribution in [0.5, 0.6) is 11.5 Å². The van der Waals surface area contributed by atoms with Crippen LogP contribution < -0.4 is 15.9 Å². The molecule has 0 aliphatic rings. The second-order valence-electron chi connectivity index (χ2n) is 10.9. The SMILES string of the molecule is Cc1ccc(S(=O)(=O)n2c(-c3ccccn3)cc3c(-c4cc(=O)n(C)cc4Oc4c(C)cccc4C)cn(C)c(=O)c32)cc1. The first kappa shape index (κ1) is 28.9. The summed E-state index contributed by atoms with van der Waals surface area (Å²) in [5.41, 5.74) is 3.26. The molecule has 4 aromatic heterocycles. The highest BCUT2D eigenvalue weighted by Crippen LogP contribution is 2.40. The number of hydrogen-bond acceptors (Lipinski definition) is 6. The molecule has 0 fully saturated rings. The molecular formula is C34H30N4O5S. The van der Waals surface area contributed by atoms with Crippen LogP contribution in [0.1, 0.15) is 16.7 Å². The van der Waals surface area contributed by atoms with Gasteiger partial charge in [-0.05, 0) is 62.2 Å². The topological polar surface area (TPSA) is 105 Å². The molecule has 9 nitrogen and oxygen atoms in total. The van der Waals surface area contributed by atoms with E-state index >= 15 is 0 Å². The van der Waals surface area contributed by atoms with Crippen molar-refractivity contribution < 1.29 is 13.2 Å². The predicted octanol–water partition coefficient (Wildman–Crippen LogP) is 5.72. The molecule has 4 heterocycles. The van der Waals surface area contributed by atoms with Gasteiger partial charge in [0.2, 0.25) is 0 Å². The average Bonchev–Trinajstić information content (AvgIpc) is 3.41. The summed E-state index contributed by atoms with van der Waals surface area (Å²) in [6.07, 6.45) is 4.76. The van der Waals surface area contributed by atoms with Gasteiger partial charge in [0.25, 0.3) is 21.1 Å². The van der Waals surface area contributed by atoms with Crippen molar-refractivity contribution in [3.63, 3.8) is 0 Å². The van der Waals surface area contributed by atoms with Gasteiger partial charge >= 0.3 is 0 Å². The van der Waals surface area contributed by atoms with E-state index < -0.39 is 15.6 Å². The minimum atomic E-state index is -4.27. The van der Waals surface area contributed by atoms with Crippen molar-refractivity contribution in [1.82, 2.24) is 18.1 Å². The van der Waals surface area contributed by atoms with Gasteiger partial charge in [0.1, 0.15) is 11.3 Å². The van der Waals surface area contributed by atoms with Gasteiger partial charge in [-0.15, -0.1) is 0 Å². The second-order valence-corrected chi connectivity index (χ2v) is 12.7. The second kappa shape index (κ2) is 10.8. The molecule has 0 bridgehead atoms. The number of aryl methyl sites for hydroxylation is 5. The highest BCUT2D eigenvalue weighted by molar-refractivity contribution is 7.90. The van der Waals surface area contributed by atoms with Crippen molar-refractivity contribution in [2.75, 3.05) is 0 Å². The predicted molar refractivity (Wildman–Crippen MR) is 171 cm³/mol. The van der Waals surface area contributed by atoms with Crippen LogP contribution in [0.3, 0.4) is 0 Å². The van der Waals surface area contributed by atoms with Crippen molar-refractivity contribution in [2.24, 2.45) is 14.1 Å². The third kappa shape index (κ3) is 4.83. The Bertz CT molecular complexity index is 2280. The molecule has 0 N–H and O–H groups in total. The zero-order valence-corrected chi connectivity index (χ0v) is 25.7. The van der Waals surface area contributed by atoms with E-state index in [0.717, 1.165) is 20.7 Å². The molecule has 0 radical (unpaired) electrons. The van der Waals surface area contributed by atoms with Crippen molar-refractivity contribution in [1.29, 1.82) is 0 Å². The van der Waals surface area contributed by atoms with Gasteiger partial charge in [0.15, 0.2) is 5.75 Å². The molecule has 0 atom stereocenters. The number of hydrogen-bond donors (Lipinski definition) is 0. The highest BCUT2D eigenvalue weighted by atomic mass is 32.2. The van der Waals surface area contributed by atoms with E-state index in [2.05, 4.69) is 4.98 Å². The lowest BCUT2D eigenvalue weighted by Crippen LogP contribution is -2.23. The lowest BCUT2D eigenvalue weighted by molar-refractivity contribution is 0.470. The number of aromatic nitrogens is 4. The fourth-order valence-electron chi connectivity index (χ4n) is 5.33. The number of ether oxygens (including phenoxy) is 1. The zero-order valence-electron chi connectivity index (χ0n) is 24.9. The maximum Gasteiger partial charge on any atom is 0.275 e. The van der Waals surface area contributed by atoms with Gasteiger partial charge in [0.05, 0.1) is 22.5 Å². The van der Waals surface area contributed by atoms with Crippen LogP contribution in [0.15, 0.2) is 106 Å². The Balaban J connectivity index is 1.72. The van der Waals surface area contributed by atoms with Gasteiger partial charge in [-0.1, -0.05) is 42.0 Å². The van der Waals surface area contributed by atoms with Gasteiger partial charge in [-0.2, -0.15) is 0 Å². The molecule has 6 aromatic rings. The summed E-state index contributed by atoms with van der Waals surface area (Å²) in [5.74, 6) is 1.01. The van der Waals surface area contributed by atoms with E-state index in [4.69, 9.17) is 4.74 Å². The monoisotopic (exact) mass is 606 g/mol. The van der Waals surface area contributed by atoms with Crippen LogP contribution in [0.25, 0.3) is 33.4 Å². The summed E-state index contributed by atoms with van der Waals surface area (Å²) in [7, 11) is -1.10. The molecule has 6 rings (SSSR count). The summed E-state index contributed by atoms with van der Waals surface area (Å²) in [6, 6.07) is 20.5. The summed E-state index contributed by atoms with van der Waals surface area (Å²) >= 11 is 0. The van der Waals surface area contributed by atoms with Crippen LogP contribution in [-0.2, 0) is 24.1 Å². The standard InChI is InChI=1S/C34H30N4O5S/c1-21-12-14-24(15-13-21)44(41,42)38-29(28-11-6-7-16-35-28)17-26-27(19-37(5)34(40)32(26)38)25-18-31(39)36(4)20-30(25)43-33-22(2)9-8-10-23(33)3/h6-20H,1-5H3. The van der Waals surface area contributed by atoms with Gasteiger partial charge in [0, 0.05) is 49.1 Å². The molecule has 0 spiro atoms. The number of benzene rings is 2. The summed E-state index contributed by atoms with van der Waals surface area (Å²) in [6.45, 7) is 5.73. The molecule has 10 heteroatoms. The fraction of sp³-hybridized carbons (Fsp3) is 0.147. The number of nitrogens with zero attached hydrogens (tertiary/aromatic N) is 4. The lowest BCUT2D eigenvalue weighted by atomic mass is 10.0. The van der Waals surface area contributed by atoms with Gasteiger partial charge in [-0.3, -0.25) is 14.6 Å². The first-order valence-electron chi connectivity index (χ1n) is 13.9. The van der Waals surface area contributed by atoms with E-state index in [0.29, 0.717) is 33.7 Å². The van der Waals surface area contributed by atoms with E-state index in [1.807, 2.05) is 39.0 Å². The lowest BCUT2D eigenvalue weighted by Gasteiger charge is -2.17. The quantitative estimate of drug-likeness (QED) is 0.240. The van der Waals surface area contributed by atoms with E-state index in [9.17, 15) is 18.0 Å². The summed E-state index contributed by atoms with van der Waals surface area (Å²) < 4.78 is 38.9. The molecule has 0 amide bonds. The van der Waals surface area contributed by atoms with Gasteiger partial charge < -0.3 is 13.9 Å². The molecule has 0 saturated heterocycles. The Kier molecular flexibility index (Phi) is 7.09. The van der Waals surface area contributed by atoms with Crippen LogP contribution in [0.2, 0.25) is 0 Å². The molecule has 0 aliphatic heterocycles. The summed E-state index contributed by atoms with van der Waals surface area (Å²) in [4.78, 5) is 31.3. The van der Waals surface area contributed by atoms with Crippen LogP contribution in [-0.4, -0.2) is 26.5 Å². The van der Waals surface area contributed by atoms with E-state index in [-0.39, 0.29) is 21.7 Å². The number of para-hydroxylation sites is 1. The zero-order chi connectivity index (χ0) is 31.3. The Morgan fingerprint density at radius 2 is 1.48 bits per heavy atom. The number of fused-ring (bicyclic) bond motifs is 1. The van der Waals surface area contributed by atoms with Crippen molar-refractivity contribution in [3.8, 4) is 34.0 Å². The molecular weight excluding hydrogens is 576 g/mol. The Morgan fingerprint density at radius 1 is 0.773 bits per heavy atom. The molecule has 0 saturated carbocycles. The molecule has 222 valence electrons. The minimum absolute atomic E-state index is 0.0258. The first-order chi connectivity index (χ1) is 21.0. The fourth-order valence-corrected chi connectivity index (χ4v) is 6.84. The molecule has 44 heavy (non-hydrogen) atoms. The molecule has 2 aromatic carbocycles. The van der Waals surface area contributed by atoms with Crippen molar-refractivity contribution in [2.45, 2.75) is 25.7 Å². The van der Waals surface area contributed by atoms with Crippen LogP contribution in [0, 0.1) is 20.8 Å². The smallest absolute Gasteiger partial charge is 0.275 e. The first-order valence-corrected chi connectivity index (χ1v) is 15.3. The highest BCUT2D eigenvalue weighted by Gasteiger charge is 2.29. The Morgan fingerprint density at radius 3 is 2.14 bits per heavy atom. The van der Waals surface area contributed by atoms with Crippen molar-refractivity contribution in [3.05, 3.63) is 129 Å². The third-order valence-corrected chi connectivity index (χ3v) is 9.41. The maximum absolute atomic E-state index is 14.3. The maximum atomic E-state index is 14.3. The number of pyridine rings is 3. The third-order valence-electron chi connectivity index (χ3n) is 7.68. The molecule has 0 unspecified atom stereocenters. The van der Waals surface area contributed by atoms with E-state index in [1.165, 1.54) is 27.3 Å². The normalized spacial score (nSPS) is 11.7. The summed E-state index contributed by atoms with van der Waals surface area (Å²) in [5, 5.41) is 0.337. The van der Waals surface area contributed by atoms with Crippen LogP contribution in [0.4, 0.5) is 0 Å². The Hall–Kier alpha value is -5.22. The van der Waals surface area contributed by atoms with E-state index in [1.54, 1.807) is 69.1 Å². The van der Waals surface area contributed by atoms with Gasteiger partial charge in [-0.25, -0.2) is 12.4 Å². The van der Waals surface area contributed by atoms with Crippen molar-refractivity contribution >= 4 is 20.9 Å². The average molecular weight is 607 g/mol. The minimum Gasteiger partial charge on any atom is -0.455 e.